The first kappa shape index (κ1) is 13.2. The summed E-state index contributed by atoms with van der Waals surface area (Å²) in [5, 5.41) is 12.3. The van der Waals surface area contributed by atoms with Gasteiger partial charge in [0.1, 0.15) is 5.69 Å². The Kier molecular flexibility index (Phi) is 6.19. The highest BCUT2D eigenvalue weighted by atomic mass is 35.5. The third-order valence-electron chi connectivity index (χ3n) is 1.04. The highest BCUT2D eigenvalue weighted by Crippen LogP contribution is 2.22. The second-order valence-electron chi connectivity index (χ2n) is 2.32. The predicted octanol–water partition coefficient (Wildman–Crippen LogP) is -0.439. The zero-order valence-corrected chi connectivity index (χ0v) is 9.26. The van der Waals surface area contributed by atoms with Crippen molar-refractivity contribution in [1.82, 2.24) is 4.98 Å². The van der Waals surface area contributed by atoms with E-state index in [1.54, 1.807) is 0 Å². The molecule has 0 atom stereocenters. The van der Waals surface area contributed by atoms with E-state index < -0.39 is 5.97 Å². The molecule has 0 bridgehead atoms. The lowest BCUT2D eigenvalue weighted by Gasteiger charge is -2.03. The summed E-state index contributed by atoms with van der Waals surface area (Å²) in [6.07, 6.45) is 1.25. The molecule has 2 N–H and O–H groups in total. The van der Waals surface area contributed by atoms with Gasteiger partial charge in [-0.3, -0.25) is 4.98 Å². The van der Waals surface area contributed by atoms with Crippen LogP contribution in [0.1, 0.15) is 10.5 Å². The number of quaternary nitrogens is 1. The van der Waals surface area contributed by atoms with Gasteiger partial charge in [-0.1, -0.05) is 23.2 Å². The van der Waals surface area contributed by atoms with Gasteiger partial charge in [-0.15, -0.1) is 0 Å². The smallest absolute Gasteiger partial charge is 0.106 e. The van der Waals surface area contributed by atoms with Crippen molar-refractivity contribution in [3.8, 4) is 0 Å². The van der Waals surface area contributed by atoms with Gasteiger partial charge in [0.2, 0.25) is 0 Å². The first-order chi connectivity index (χ1) is 6.54. The second-order valence-corrected chi connectivity index (χ2v) is 3.11. The van der Waals surface area contributed by atoms with Crippen LogP contribution in [0.2, 0.25) is 10.0 Å². The van der Waals surface area contributed by atoms with Crippen molar-refractivity contribution < 1.29 is 15.2 Å². The summed E-state index contributed by atoms with van der Waals surface area (Å²) in [4.78, 5) is 13.7. The van der Waals surface area contributed by atoms with E-state index in [-0.39, 0.29) is 15.7 Å². The molecule has 0 spiro atoms. The van der Waals surface area contributed by atoms with Crippen LogP contribution in [0.25, 0.3) is 0 Å². The Balaban J connectivity index is 0.000000500. The van der Waals surface area contributed by atoms with Crippen molar-refractivity contribution in [3.05, 3.63) is 28.0 Å². The van der Waals surface area contributed by atoms with Crippen molar-refractivity contribution >= 4 is 29.2 Å². The van der Waals surface area contributed by atoms with Crippen molar-refractivity contribution in [1.29, 1.82) is 0 Å². The van der Waals surface area contributed by atoms with E-state index in [9.17, 15) is 9.90 Å². The lowest BCUT2D eigenvalue weighted by atomic mass is 10.3. The van der Waals surface area contributed by atoms with E-state index in [1.807, 2.05) is 19.4 Å². The number of carboxylic acids is 1. The molecule has 1 heterocycles. The van der Waals surface area contributed by atoms with Crippen molar-refractivity contribution in [3.63, 3.8) is 0 Å². The molecule has 6 heteroatoms. The maximum atomic E-state index is 10.3. The molecule has 0 radical (unpaired) electrons. The zero-order valence-electron chi connectivity index (χ0n) is 7.75. The summed E-state index contributed by atoms with van der Waals surface area (Å²) in [5.74, 6) is -1.43. The predicted molar refractivity (Wildman–Crippen MR) is 52.4 cm³/mol. The molecule has 14 heavy (non-hydrogen) atoms. The van der Waals surface area contributed by atoms with Gasteiger partial charge >= 0.3 is 0 Å². The largest absolute Gasteiger partial charge is 0.543 e. The Morgan fingerprint density at radius 3 is 2.36 bits per heavy atom. The average Bonchev–Trinajstić information content (AvgIpc) is 2.10. The van der Waals surface area contributed by atoms with Gasteiger partial charge in [0.25, 0.3) is 0 Å². The van der Waals surface area contributed by atoms with Crippen LogP contribution in [0, 0.1) is 0 Å². The molecule has 0 aliphatic rings. The molecule has 0 aliphatic heterocycles. The number of aromatic nitrogens is 1. The van der Waals surface area contributed by atoms with Crippen LogP contribution in [0.5, 0.6) is 0 Å². The van der Waals surface area contributed by atoms with Gasteiger partial charge in [-0.2, -0.15) is 0 Å². The SMILES string of the molecule is C[NH2+]C.O=C([O-])c1nccc(Cl)c1Cl. The molecule has 0 fully saturated rings. The molecule has 0 unspecified atom stereocenters. The van der Waals surface area contributed by atoms with Gasteiger partial charge in [0.15, 0.2) is 0 Å². The molecule has 0 saturated carbocycles. The number of nitrogens with two attached hydrogens (primary N) is 1. The minimum Gasteiger partial charge on any atom is -0.543 e. The third kappa shape index (κ3) is 3.91. The molecule has 0 amide bonds. The average molecular weight is 237 g/mol. The van der Waals surface area contributed by atoms with Crippen LogP contribution in [0.3, 0.4) is 0 Å². The molecule has 1 aromatic heterocycles. The van der Waals surface area contributed by atoms with Gasteiger partial charge in [0.05, 0.1) is 30.1 Å². The maximum Gasteiger partial charge on any atom is 0.106 e. The molecule has 1 rings (SSSR count). The van der Waals surface area contributed by atoms with Crippen molar-refractivity contribution in [2.24, 2.45) is 0 Å². The summed E-state index contributed by atoms with van der Waals surface area (Å²) in [6, 6.07) is 1.40. The topological polar surface area (TPSA) is 69.6 Å². The fourth-order valence-corrected chi connectivity index (χ4v) is 0.897. The summed E-state index contributed by atoms with van der Waals surface area (Å²) in [5.41, 5.74) is -0.334. The summed E-state index contributed by atoms with van der Waals surface area (Å²) in [7, 11) is 4.00. The fraction of sp³-hybridized carbons (Fsp3) is 0.250. The number of hydrogen-bond acceptors (Lipinski definition) is 3. The van der Waals surface area contributed by atoms with E-state index in [2.05, 4.69) is 4.98 Å². The van der Waals surface area contributed by atoms with E-state index in [0.717, 1.165) is 0 Å². The minimum absolute atomic E-state index is 0.0887. The maximum absolute atomic E-state index is 10.3. The summed E-state index contributed by atoms with van der Waals surface area (Å²) < 4.78 is 0. The number of pyridine rings is 1. The lowest BCUT2D eigenvalue weighted by Crippen LogP contribution is -2.74. The normalized spacial score (nSPS) is 8.86. The highest BCUT2D eigenvalue weighted by Gasteiger charge is 2.05. The minimum atomic E-state index is -1.43. The first-order valence-electron chi connectivity index (χ1n) is 3.79. The number of carbonyl (C=O) groups is 1. The Labute approximate surface area is 91.9 Å². The number of halogens is 2. The Morgan fingerprint density at radius 2 is 2.00 bits per heavy atom. The first-order valence-corrected chi connectivity index (χ1v) is 4.55. The summed E-state index contributed by atoms with van der Waals surface area (Å²) >= 11 is 11.0. The van der Waals surface area contributed by atoms with Crippen LogP contribution in [-0.2, 0) is 0 Å². The van der Waals surface area contributed by atoms with Crippen LogP contribution >= 0.6 is 23.2 Å². The van der Waals surface area contributed by atoms with Gasteiger partial charge in [-0.05, 0) is 6.07 Å². The van der Waals surface area contributed by atoms with Crippen LogP contribution in [0.15, 0.2) is 12.3 Å². The van der Waals surface area contributed by atoms with Crippen LogP contribution < -0.4 is 10.4 Å². The molecule has 0 saturated heterocycles. The molecule has 1 aromatic rings. The third-order valence-corrected chi connectivity index (χ3v) is 1.83. The van der Waals surface area contributed by atoms with Gasteiger partial charge < -0.3 is 15.2 Å². The molecular weight excluding hydrogens is 227 g/mol. The van der Waals surface area contributed by atoms with E-state index in [4.69, 9.17) is 23.2 Å². The molecule has 78 valence electrons. The van der Waals surface area contributed by atoms with E-state index >= 15 is 0 Å². The molecular formula is C8H10Cl2N2O2. The van der Waals surface area contributed by atoms with Gasteiger partial charge in [0, 0.05) is 6.20 Å². The quantitative estimate of drug-likeness (QED) is 0.719. The highest BCUT2D eigenvalue weighted by molar-refractivity contribution is 6.43. The standard InChI is InChI=1S/C6H3Cl2NO2.C2H7N/c7-3-1-2-9-5(4(3)8)6(10)11;1-3-2/h1-2H,(H,10,11);3H,1-2H3. The number of carboxylic acid groups (broad SMARTS) is 1. The molecule has 0 aromatic carbocycles. The number of rotatable bonds is 1. The van der Waals surface area contributed by atoms with Crippen molar-refractivity contribution in [2.45, 2.75) is 0 Å². The van der Waals surface area contributed by atoms with Crippen LogP contribution in [-0.4, -0.2) is 25.0 Å². The Hall–Kier alpha value is -0.840. The molecule has 0 aliphatic carbocycles. The number of nitrogens with zero attached hydrogens (tertiary/aromatic N) is 1. The Morgan fingerprint density at radius 1 is 1.50 bits per heavy atom. The molecule has 4 nitrogen and oxygen atoms in total. The Bertz CT molecular complexity index is 318. The second kappa shape index (κ2) is 6.59. The van der Waals surface area contributed by atoms with Crippen molar-refractivity contribution in [2.75, 3.05) is 14.1 Å². The number of carbonyl (C=O) groups excluding carboxylic acids is 1. The fourth-order valence-electron chi connectivity index (χ4n) is 0.563. The zero-order chi connectivity index (χ0) is 11.1. The monoisotopic (exact) mass is 236 g/mol. The van der Waals surface area contributed by atoms with E-state index in [1.165, 1.54) is 12.3 Å². The van der Waals surface area contributed by atoms with E-state index in [0.29, 0.717) is 0 Å². The number of aromatic carboxylic acids is 1. The van der Waals surface area contributed by atoms with Gasteiger partial charge in [-0.25, -0.2) is 0 Å². The summed E-state index contributed by atoms with van der Waals surface area (Å²) in [6.45, 7) is 0. The number of hydrogen-bond donors (Lipinski definition) is 1. The van der Waals surface area contributed by atoms with Crippen LogP contribution in [0.4, 0.5) is 0 Å². The lowest BCUT2D eigenvalue weighted by molar-refractivity contribution is -0.597.